The van der Waals surface area contributed by atoms with Crippen LogP contribution in [0.4, 0.5) is 11.4 Å². The maximum absolute atomic E-state index is 5.40. The van der Waals surface area contributed by atoms with E-state index in [4.69, 9.17) is 4.74 Å². The summed E-state index contributed by atoms with van der Waals surface area (Å²) < 4.78 is 5.40. The molecule has 0 aromatic heterocycles. The lowest BCUT2D eigenvalue weighted by atomic mass is 10.0. The van der Waals surface area contributed by atoms with Gasteiger partial charge in [0.15, 0.2) is 0 Å². The molecule has 29 heavy (non-hydrogen) atoms. The van der Waals surface area contributed by atoms with Crippen LogP contribution in [0.5, 0.6) is 0 Å². The smallest absolute Gasteiger partial charge is 0.0941 e. The number of aryl methyl sites for hydroxylation is 1. The van der Waals surface area contributed by atoms with Crippen molar-refractivity contribution in [3.05, 3.63) is 90.7 Å². The first kappa shape index (κ1) is 20.5. The number of allylic oxidation sites excluding steroid dienone is 2. The van der Waals surface area contributed by atoms with Gasteiger partial charge in [0.25, 0.3) is 0 Å². The van der Waals surface area contributed by atoms with Crippen molar-refractivity contribution in [3.63, 3.8) is 0 Å². The van der Waals surface area contributed by atoms with E-state index in [-0.39, 0.29) is 0 Å². The van der Waals surface area contributed by atoms with Crippen LogP contribution in [-0.2, 0) is 11.2 Å². The van der Waals surface area contributed by atoms with Gasteiger partial charge in [-0.05, 0) is 67.5 Å². The van der Waals surface area contributed by atoms with E-state index in [0.717, 1.165) is 58.3 Å². The number of benzene rings is 3. The molecule has 148 valence electrons. The lowest BCUT2D eigenvalue weighted by Gasteiger charge is -2.07. The van der Waals surface area contributed by atoms with Crippen LogP contribution in [0.25, 0.3) is 16.3 Å². The number of azo groups is 1. The van der Waals surface area contributed by atoms with Crippen LogP contribution >= 0.6 is 0 Å². The van der Waals surface area contributed by atoms with Crippen molar-refractivity contribution in [1.29, 1.82) is 0 Å². The summed E-state index contributed by atoms with van der Waals surface area (Å²) in [7, 11) is 0. The van der Waals surface area contributed by atoms with Crippen molar-refractivity contribution >= 4 is 27.7 Å². The minimum absolute atomic E-state index is 0.684. The maximum atomic E-state index is 5.40. The van der Waals surface area contributed by atoms with E-state index in [1.54, 1.807) is 0 Å². The van der Waals surface area contributed by atoms with Crippen LogP contribution in [0.2, 0.25) is 0 Å². The molecule has 0 atom stereocenters. The second kappa shape index (κ2) is 9.83. The molecule has 3 rings (SSSR count). The van der Waals surface area contributed by atoms with Crippen LogP contribution < -0.4 is 0 Å². The molecule has 0 heterocycles. The van der Waals surface area contributed by atoms with Gasteiger partial charge in [0, 0.05) is 11.8 Å². The molecule has 0 saturated heterocycles. The van der Waals surface area contributed by atoms with Gasteiger partial charge >= 0.3 is 0 Å². The molecule has 3 heteroatoms. The molecule has 0 radical (unpaired) electrons. The van der Waals surface area contributed by atoms with Crippen molar-refractivity contribution in [2.45, 2.75) is 33.1 Å². The summed E-state index contributed by atoms with van der Waals surface area (Å²) in [5.74, 6) is 0.863. The third-order valence-corrected chi connectivity index (χ3v) is 4.81. The van der Waals surface area contributed by atoms with Crippen LogP contribution in [0.1, 0.15) is 37.8 Å². The normalized spacial score (nSPS) is 11.1. The molecule has 3 aromatic carbocycles. The minimum atomic E-state index is 0.684. The molecule has 0 fully saturated rings. The molecule has 0 aliphatic carbocycles. The Labute approximate surface area is 173 Å². The quantitative estimate of drug-likeness (QED) is 0.270. The van der Waals surface area contributed by atoms with Crippen molar-refractivity contribution in [1.82, 2.24) is 0 Å². The van der Waals surface area contributed by atoms with Crippen molar-refractivity contribution in [2.75, 3.05) is 6.61 Å². The van der Waals surface area contributed by atoms with Gasteiger partial charge in [0.1, 0.15) is 0 Å². The van der Waals surface area contributed by atoms with Crippen LogP contribution in [0.3, 0.4) is 0 Å². The SMILES string of the molecule is C=C(CCCc1ccc(N=Nc2cc(C(=C)C)cc3ccccc23)cc1)OCC. The Kier molecular flexibility index (Phi) is 6.96. The average molecular weight is 385 g/mol. The van der Waals surface area contributed by atoms with Gasteiger partial charge in [-0.25, -0.2) is 0 Å². The first-order chi connectivity index (χ1) is 14.1. The molecular weight excluding hydrogens is 356 g/mol. The molecule has 0 unspecified atom stereocenters. The fourth-order valence-electron chi connectivity index (χ4n) is 3.23. The lowest BCUT2D eigenvalue weighted by Crippen LogP contribution is -1.92. The zero-order valence-electron chi connectivity index (χ0n) is 17.3. The molecule has 3 nitrogen and oxygen atoms in total. The molecule has 3 aromatic rings. The number of fused-ring (bicyclic) bond motifs is 1. The van der Waals surface area contributed by atoms with Crippen molar-refractivity contribution in [3.8, 4) is 0 Å². The highest BCUT2D eigenvalue weighted by Crippen LogP contribution is 2.31. The highest BCUT2D eigenvalue weighted by molar-refractivity contribution is 5.95. The number of hydrogen-bond acceptors (Lipinski definition) is 3. The van der Waals surface area contributed by atoms with E-state index in [1.165, 1.54) is 5.56 Å². The van der Waals surface area contributed by atoms with Gasteiger partial charge in [-0.3, -0.25) is 0 Å². The van der Waals surface area contributed by atoms with Gasteiger partial charge < -0.3 is 4.74 Å². The number of rotatable bonds is 9. The maximum Gasteiger partial charge on any atom is 0.0941 e. The van der Waals surface area contributed by atoms with E-state index < -0.39 is 0 Å². The Balaban J connectivity index is 1.72. The summed E-state index contributed by atoms with van der Waals surface area (Å²) in [4.78, 5) is 0. The van der Waals surface area contributed by atoms with E-state index >= 15 is 0 Å². The third kappa shape index (κ3) is 5.64. The van der Waals surface area contributed by atoms with E-state index in [9.17, 15) is 0 Å². The Morgan fingerprint density at radius 1 is 0.966 bits per heavy atom. The zero-order chi connectivity index (χ0) is 20.6. The summed E-state index contributed by atoms with van der Waals surface area (Å²) in [5.41, 5.74) is 5.09. The fraction of sp³-hybridized carbons (Fsp3) is 0.231. The van der Waals surface area contributed by atoms with Crippen LogP contribution in [0, 0.1) is 0 Å². The van der Waals surface area contributed by atoms with E-state index in [0.29, 0.717) is 6.61 Å². The molecule has 0 aliphatic heterocycles. The monoisotopic (exact) mass is 384 g/mol. The number of hydrogen-bond donors (Lipinski definition) is 0. The summed E-state index contributed by atoms with van der Waals surface area (Å²) in [6.45, 7) is 12.7. The lowest BCUT2D eigenvalue weighted by molar-refractivity contribution is 0.219. The fourth-order valence-corrected chi connectivity index (χ4v) is 3.23. The van der Waals surface area contributed by atoms with Gasteiger partial charge in [-0.2, -0.15) is 5.11 Å². The average Bonchev–Trinajstić information content (AvgIpc) is 2.73. The molecule has 0 spiro atoms. The number of ether oxygens (including phenoxy) is 1. The second-order valence-electron chi connectivity index (χ2n) is 7.19. The Morgan fingerprint density at radius 2 is 1.72 bits per heavy atom. The molecular formula is C26H28N2O. The van der Waals surface area contributed by atoms with E-state index in [1.807, 2.05) is 44.2 Å². The standard InChI is InChI=1S/C26H28N2O/c1-5-29-20(4)9-8-10-21-13-15-24(16-14-21)27-28-26-18-23(19(2)3)17-22-11-6-7-12-25(22)26/h6-7,11-18H,2,4-5,8-10H2,1,3H3. The summed E-state index contributed by atoms with van der Waals surface area (Å²) in [6, 6.07) is 20.7. The zero-order valence-corrected chi connectivity index (χ0v) is 17.3. The first-order valence-corrected chi connectivity index (χ1v) is 10.1. The largest absolute Gasteiger partial charge is 0.499 e. The third-order valence-electron chi connectivity index (χ3n) is 4.81. The second-order valence-corrected chi connectivity index (χ2v) is 7.19. The number of nitrogens with zero attached hydrogens (tertiary/aromatic N) is 2. The predicted octanol–water partition coefficient (Wildman–Crippen LogP) is 8.16. The highest BCUT2D eigenvalue weighted by atomic mass is 16.5. The Morgan fingerprint density at radius 3 is 2.45 bits per heavy atom. The van der Waals surface area contributed by atoms with Gasteiger partial charge in [0.05, 0.1) is 23.7 Å². The van der Waals surface area contributed by atoms with E-state index in [2.05, 4.69) is 53.7 Å². The van der Waals surface area contributed by atoms with Gasteiger partial charge in [-0.15, -0.1) is 5.11 Å². The highest BCUT2D eigenvalue weighted by Gasteiger charge is 2.04. The molecule has 0 amide bonds. The molecule has 0 saturated carbocycles. The Hall–Kier alpha value is -3.20. The summed E-state index contributed by atoms with van der Waals surface area (Å²) in [5, 5.41) is 11.2. The van der Waals surface area contributed by atoms with Gasteiger partial charge in [0.2, 0.25) is 0 Å². The van der Waals surface area contributed by atoms with Crippen molar-refractivity contribution in [2.24, 2.45) is 10.2 Å². The minimum Gasteiger partial charge on any atom is -0.499 e. The van der Waals surface area contributed by atoms with Crippen LogP contribution in [-0.4, -0.2) is 6.61 Å². The topological polar surface area (TPSA) is 34.0 Å². The van der Waals surface area contributed by atoms with Crippen LogP contribution in [0.15, 0.2) is 89.8 Å². The first-order valence-electron chi connectivity index (χ1n) is 10.1. The molecule has 0 N–H and O–H groups in total. The summed E-state index contributed by atoms with van der Waals surface area (Å²) in [6.07, 6.45) is 2.91. The molecule has 0 bridgehead atoms. The molecule has 0 aliphatic rings. The van der Waals surface area contributed by atoms with Gasteiger partial charge in [-0.1, -0.05) is 55.1 Å². The summed E-state index contributed by atoms with van der Waals surface area (Å²) >= 11 is 0. The predicted molar refractivity (Wildman–Crippen MR) is 123 cm³/mol. The van der Waals surface area contributed by atoms with Crippen molar-refractivity contribution < 1.29 is 4.74 Å². The Bertz CT molecular complexity index is 1030.